The first kappa shape index (κ1) is 16.8. The summed E-state index contributed by atoms with van der Waals surface area (Å²) in [6, 6.07) is 0. The Balaban J connectivity index is 3.05. The molecule has 0 saturated heterocycles. The van der Waals surface area contributed by atoms with Crippen molar-refractivity contribution in [2.75, 3.05) is 6.16 Å². The maximum Gasteiger partial charge on any atom is 0.398 e. The molecule has 0 radical (unpaired) electrons. The lowest BCUT2D eigenvalue weighted by atomic mass is 9.85. The predicted octanol–water partition coefficient (Wildman–Crippen LogP) is 4.47. The molecule has 1 aliphatic rings. The summed E-state index contributed by atoms with van der Waals surface area (Å²) in [5, 5.41) is -2.17. The van der Waals surface area contributed by atoms with E-state index >= 15 is 0 Å². The van der Waals surface area contributed by atoms with Crippen molar-refractivity contribution < 1.29 is 35.8 Å². The van der Waals surface area contributed by atoms with E-state index in [0.29, 0.717) is 6.42 Å². The highest BCUT2D eigenvalue weighted by Gasteiger charge is 2.56. The highest BCUT2D eigenvalue weighted by molar-refractivity contribution is 7.59. The van der Waals surface area contributed by atoms with Crippen molar-refractivity contribution in [1.29, 1.82) is 0 Å². The molecule has 0 bridgehead atoms. The average molecular weight is 312 g/mol. The van der Waals surface area contributed by atoms with Gasteiger partial charge in [0.1, 0.15) is 6.16 Å². The molecule has 114 valence electrons. The molecule has 0 amide bonds. The Hall–Kier alpha value is -0.230. The van der Waals surface area contributed by atoms with Crippen molar-refractivity contribution in [3.8, 4) is 0 Å². The molecule has 0 heterocycles. The first-order valence-electron chi connectivity index (χ1n) is 5.82. The zero-order valence-corrected chi connectivity index (χ0v) is 10.9. The number of alkyl halides is 6. The minimum atomic E-state index is -4.96. The molecule has 19 heavy (non-hydrogen) atoms. The molecule has 1 atom stereocenters. The number of hydrogen-bond acceptors (Lipinski definition) is 1. The standard InChI is InChI=1S/C10H15F6O2P/c11-9(12,13)6-8(4-2-1-3-5-8)19(17,18)7-10(14,15)16/h1-7H2,(H,17,18). The van der Waals surface area contributed by atoms with Crippen molar-refractivity contribution in [3.05, 3.63) is 0 Å². The zero-order valence-electron chi connectivity index (χ0n) is 10.0. The first-order chi connectivity index (χ1) is 8.37. The maximum absolute atomic E-state index is 12.5. The Bertz CT molecular complexity index is 356. The molecule has 0 aliphatic heterocycles. The van der Waals surface area contributed by atoms with Gasteiger partial charge in [0.2, 0.25) is 7.37 Å². The van der Waals surface area contributed by atoms with Gasteiger partial charge in [0.15, 0.2) is 0 Å². The summed E-state index contributed by atoms with van der Waals surface area (Å²) < 4.78 is 86.4. The topological polar surface area (TPSA) is 37.3 Å². The Kier molecular flexibility index (Phi) is 4.67. The van der Waals surface area contributed by atoms with Crippen molar-refractivity contribution in [3.63, 3.8) is 0 Å². The van der Waals surface area contributed by atoms with Crippen LogP contribution in [0.2, 0.25) is 0 Å². The van der Waals surface area contributed by atoms with Crippen LogP contribution in [0.5, 0.6) is 0 Å². The summed E-state index contributed by atoms with van der Waals surface area (Å²) in [6.45, 7) is 0. The monoisotopic (exact) mass is 312 g/mol. The van der Waals surface area contributed by atoms with Gasteiger partial charge < -0.3 is 4.89 Å². The van der Waals surface area contributed by atoms with Gasteiger partial charge in [-0.3, -0.25) is 4.57 Å². The fourth-order valence-electron chi connectivity index (χ4n) is 2.64. The molecule has 1 fully saturated rings. The van der Waals surface area contributed by atoms with Gasteiger partial charge in [-0.1, -0.05) is 19.3 Å². The lowest BCUT2D eigenvalue weighted by molar-refractivity contribution is -0.145. The van der Waals surface area contributed by atoms with Gasteiger partial charge in [0.25, 0.3) is 0 Å². The van der Waals surface area contributed by atoms with E-state index < -0.39 is 37.5 Å². The van der Waals surface area contributed by atoms with Crippen LogP contribution in [-0.2, 0) is 4.57 Å². The smallest absolute Gasteiger partial charge is 0.344 e. The number of rotatable bonds is 3. The molecule has 1 N–H and O–H groups in total. The summed E-state index contributed by atoms with van der Waals surface area (Å²) in [4.78, 5) is 9.62. The lowest BCUT2D eigenvalue weighted by Gasteiger charge is -2.41. The van der Waals surface area contributed by atoms with Crippen molar-refractivity contribution in [1.82, 2.24) is 0 Å². The molecule has 9 heteroatoms. The van der Waals surface area contributed by atoms with Gasteiger partial charge in [0.05, 0.1) is 11.6 Å². The van der Waals surface area contributed by atoms with E-state index in [1.807, 2.05) is 0 Å². The van der Waals surface area contributed by atoms with Crippen molar-refractivity contribution in [2.45, 2.75) is 56.0 Å². The minimum absolute atomic E-state index is 0.248. The molecular formula is C10H15F6O2P. The van der Waals surface area contributed by atoms with E-state index in [2.05, 4.69) is 0 Å². The Morgan fingerprint density at radius 2 is 1.42 bits per heavy atom. The van der Waals surface area contributed by atoms with Gasteiger partial charge in [-0.15, -0.1) is 0 Å². The molecular weight excluding hydrogens is 297 g/mol. The molecule has 1 aliphatic carbocycles. The maximum atomic E-state index is 12.5. The molecule has 0 aromatic heterocycles. The largest absolute Gasteiger partial charge is 0.398 e. The second-order valence-corrected chi connectivity index (χ2v) is 7.72. The third kappa shape index (κ3) is 4.67. The van der Waals surface area contributed by atoms with Crippen LogP contribution in [0.4, 0.5) is 26.3 Å². The fourth-order valence-corrected chi connectivity index (χ4v) is 4.91. The van der Waals surface area contributed by atoms with E-state index in [9.17, 15) is 35.8 Å². The molecule has 0 aromatic carbocycles. The van der Waals surface area contributed by atoms with Crippen LogP contribution in [-0.4, -0.2) is 28.6 Å². The summed E-state index contributed by atoms with van der Waals surface area (Å²) >= 11 is 0. The predicted molar refractivity (Wildman–Crippen MR) is 57.2 cm³/mol. The number of halogens is 6. The molecule has 0 spiro atoms. The minimum Gasteiger partial charge on any atom is -0.344 e. The SMILES string of the molecule is O=P(O)(CC(F)(F)F)C1(CC(F)(F)F)CCCCC1. The van der Waals surface area contributed by atoms with E-state index in [-0.39, 0.29) is 25.7 Å². The average Bonchev–Trinajstić information content (AvgIpc) is 2.12. The van der Waals surface area contributed by atoms with Crippen LogP contribution in [0.15, 0.2) is 0 Å². The van der Waals surface area contributed by atoms with Gasteiger partial charge >= 0.3 is 12.4 Å². The van der Waals surface area contributed by atoms with E-state index in [1.54, 1.807) is 0 Å². The van der Waals surface area contributed by atoms with E-state index in [1.165, 1.54) is 0 Å². The Morgan fingerprint density at radius 3 is 1.79 bits per heavy atom. The second-order valence-electron chi connectivity index (χ2n) is 5.05. The van der Waals surface area contributed by atoms with Gasteiger partial charge in [-0.2, -0.15) is 26.3 Å². The quantitative estimate of drug-likeness (QED) is 0.616. The van der Waals surface area contributed by atoms with Crippen LogP contribution in [0.25, 0.3) is 0 Å². The fraction of sp³-hybridized carbons (Fsp3) is 1.00. The first-order valence-corrected chi connectivity index (χ1v) is 7.67. The molecule has 1 saturated carbocycles. The zero-order chi connectivity index (χ0) is 14.9. The van der Waals surface area contributed by atoms with E-state index in [0.717, 1.165) is 0 Å². The number of hydrogen-bond donors (Lipinski definition) is 1. The lowest BCUT2D eigenvalue weighted by Crippen LogP contribution is -2.39. The Labute approximate surface area is 106 Å². The second kappa shape index (κ2) is 5.28. The van der Waals surface area contributed by atoms with Crippen LogP contribution in [0, 0.1) is 0 Å². The van der Waals surface area contributed by atoms with Crippen LogP contribution in [0.3, 0.4) is 0 Å². The molecule has 1 unspecified atom stereocenters. The summed E-state index contributed by atoms with van der Waals surface area (Å²) in [7, 11) is -4.96. The summed E-state index contributed by atoms with van der Waals surface area (Å²) in [6.07, 6.45) is -12.9. The third-order valence-corrected chi connectivity index (χ3v) is 6.32. The summed E-state index contributed by atoms with van der Waals surface area (Å²) in [5.41, 5.74) is 0. The van der Waals surface area contributed by atoms with Crippen LogP contribution >= 0.6 is 7.37 Å². The van der Waals surface area contributed by atoms with Crippen molar-refractivity contribution in [2.24, 2.45) is 0 Å². The molecule has 2 nitrogen and oxygen atoms in total. The highest BCUT2D eigenvalue weighted by Crippen LogP contribution is 2.65. The van der Waals surface area contributed by atoms with Gasteiger partial charge in [-0.25, -0.2) is 0 Å². The van der Waals surface area contributed by atoms with Gasteiger partial charge in [0, 0.05) is 0 Å². The Morgan fingerprint density at radius 1 is 0.947 bits per heavy atom. The normalized spacial score (nSPS) is 23.9. The van der Waals surface area contributed by atoms with Crippen LogP contribution < -0.4 is 0 Å². The van der Waals surface area contributed by atoms with Gasteiger partial charge in [-0.05, 0) is 12.8 Å². The van der Waals surface area contributed by atoms with Crippen molar-refractivity contribution >= 4 is 7.37 Å². The van der Waals surface area contributed by atoms with E-state index in [4.69, 9.17) is 0 Å². The molecule has 0 aromatic rings. The highest BCUT2D eigenvalue weighted by atomic mass is 31.2. The third-order valence-electron chi connectivity index (χ3n) is 3.45. The summed E-state index contributed by atoms with van der Waals surface area (Å²) in [5.74, 6) is 0. The molecule has 1 rings (SSSR count). The van der Waals surface area contributed by atoms with Crippen LogP contribution in [0.1, 0.15) is 38.5 Å².